The Morgan fingerprint density at radius 2 is 1.83 bits per heavy atom. The van der Waals surface area contributed by atoms with Crippen LogP contribution in [0.2, 0.25) is 5.02 Å². The molecule has 1 N–H and O–H groups in total. The molecule has 6 nitrogen and oxygen atoms in total. The van der Waals surface area contributed by atoms with Gasteiger partial charge in [0.15, 0.2) is 0 Å². The van der Waals surface area contributed by atoms with Gasteiger partial charge in [-0.2, -0.15) is 0 Å². The van der Waals surface area contributed by atoms with Crippen molar-refractivity contribution >= 4 is 28.4 Å². The quantitative estimate of drug-likeness (QED) is 0.702. The van der Waals surface area contributed by atoms with E-state index in [0.717, 1.165) is 37.5 Å². The van der Waals surface area contributed by atoms with Crippen molar-refractivity contribution in [3.8, 4) is 0 Å². The SMILES string of the molecule is O=C(Cn1cnc2ccccc2c1=O)NC1CCN(Cc2ccc(Cl)cc2)CC1. The molecule has 1 amide bonds. The topological polar surface area (TPSA) is 67.2 Å². The van der Waals surface area contributed by atoms with Crippen molar-refractivity contribution in [2.45, 2.75) is 32.0 Å². The number of para-hydroxylation sites is 1. The summed E-state index contributed by atoms with van der Waals surface area (Å²) in [4.78, 5) is 31.6. The molecule has 1 aromatic heterocycles. The van der Waals surface area contributed by atoms with Crippen LogP contribution in [0.15, 0.2) is 59.7 Å². The molecule has 0 spiro atoms. The largest absolute Gasteiger partial charge is 0.352 e. The predicted molar refractivity (Wildman–Crippen MR) is 114 cm³/mol. The van der Waals surface area contributed by atoms with E-state index in [2.05, 4.69) is 15.2 Å². The van der Waals surface area contributed by atoms with Gasteiger partial charge in [0.1, 0.15) is 6.54 Å². The van der Waals surface area contributed by atoms with Gasteiger partial charge in [-0.3, -0.25) is 19.1 Å². The Labute approximate surface area is 174 Å². The lowest BCUT2D eigenvalue weighted by Crippen LogP contribution is -2.45. The van der Waals surface area contributed by atoms with Crippen molar-refractivity contribution in [3.63, 3.8) is 0 Å². The minimum atomic E-state index is -0.191. The molecule has 0 radical (unpaired) electrons. The van der Waals surface area contributed by atoms with Crippen molar-refractivity contribution < 1.29 is 4.79 Å². The van der Waals surface area contributed by atoms with Gasteiger partial charge in [0.05, 0.1) is 17.2 Å². The first-order valence-corrected chi connectivity index (χ1v) is 10.2. The first-order chi connectivity index (χ1) is 14.1. The van der Waals surface area contributed by atoms with Crippen molar-refractivity contribution in [1.82, 2.24) is 19.8 Å². The summed E-state index contributed by atoms with van der Waals surface area (Å²) in [6, 6.07) is 15.2. The molecule has 0 aliphatic carbocycles. The minimum Gasteiger partial charge on any atom is -0.352 e. The normalized spacial score (nSPS) is 15.5. The zero-order valence-electron chi connectivity index (χ0n) is 16.1. The third kappa shape index (κ3) is 4.83. The number of benzene rings is 2. The van der Waals surface area contributed by atoms with Crippen LogP contribution in [-0.4, -0.2) is 39.5 Å². The molecule has 0 bridgehead atoms. The molecule has 0 saturated carbocycles. The molecule has 2 aromatic carbocycles. The number of aromatic nitrogens is 2. The van der Waals surface area contributed by atoms with E-state index in [1.807, 2.05) is 30.3 Å². The zero-order valence-corrected chi connectivity index (χ0v) is 16.8. The van der Waals surface area contributed by atoms with Gasteiger partial charge in [-0.15, -0.1) is 0 Å². The molecule has 29 heavy (non-hydrogen) atoms. The highest BCUT2D eigenvalue weighted by atomic mass is 35.5. The standard InChI is InChI=1S/C22H23ClN4O2/c23-17-7-5-16(6-8-17)13-26-11-9-18(10-12-26)25-21(28)14-27-15-24-20-4-2-1-3-19(20)22(27)29/h1-8,15,18H,9-14H2,(H,25,28). The highest BCUT2D eigenvalue weighted by Gasteiger charge is 2.21. The lowest BCUT2D eigenvalue weighted by atomic mass is 10.0. The van der Waals surface area contributed by atoms with Crippen LogP contribution in [0.25, 0.3) is 10.9 Å². The van der Waals surface area contributed by atoms with Crippen LogP contribution < -0.4 is 10.9 Å². The number of carbonyl (C=O) groups excluding carboxylic acids is 1. The molecule has 4 rings (SSSR count). The number of hydrogen-bond acceptors (Lipinski definition) is 4. The van der Waals surface area contributed by atoms with E-state index in [0.29, 0.717) is 10.9 Å². The Bertz CT molecular complexity index is 1060. The van der Waals surface area contributed by atoms with Crippen LogP contribution in [0, 0.1) is 0 Å². The number of carbonyl (C=O) groups is 1. The van der Waals surface area contributed by atoms with E-state index < -0.39 is 0 Å². The highest BCUT2D eigenvalue weighted by Crippen LogP contribution is 2.16. The molecule has 1 aliphatic heterocycles. The van der Waals surface area contributed by atoms with Gasteiger partial charge in [-0.05, 0) is 42.7 Å². The number of piperidine rings is 1. The van der Waals surface area contributed by atoms with Gasteiger partial charge in [0.25, 0.3) is 5.56 Å². The van der Waals surface area contributed by atoms with Crippen molar-refractivity contribution in [1.29, 1.82) is 0 Å². The summed E-state index contributed by atoms with van der Waals surface area (Å²) < 4.78 is 1.37. The average molecular weight is 411 g/mol. The second kappa shape index (κ2) is 8.76. The molecule has 0 atom stereocenters. The second-order valence-corrected chi connectivity index (χ2v) is 7.88. The number of hydrogen-bond donors (Lipinski definition) is 1. The van der Waals surface area contributed by atoms with Crippen LogP contribution in [-0.2, 0) is 17.9 Å². The lowest BCUT2D eigenvalue weighted by Gasteiger charge is -2.32. The number of amides is 1. The monoisotopic (exact) mass is 410 g/mol. The van der Waals surface area contributed by atoms with E-state index in [4.69, 9.17) is 11.6 Å². The molecule has 1 fully saturated rings. The summed E-state index contributed by atoms with van der Waals surface area (Å²) in [5.74, 6) is -0.152. The summed E-state index contributed by atoms with van der Waals surface area (Å²) in [5, 5.41) is 4.34. The fraction of sp³-hybridized carbons (Fsp3) is 0.318. The molecule has 1 aliphatic rings. The predicted octanol–water partition coefficient (Wildman–Crippen LogP) is 2.83. The Balaban J connectivity index is 1.29. The Morgan fingerprint density at radius 1 is 1.10 bits per heavy atom. The lowest BCUT2D eigenvalue weighted by molar-refractivity contribution is -0.122. The maximum atomic E-state index is 12.5. The number of fused-ring (bicyclic) bond motifs is 1. The van der Waals surface area contributed by atoms with Crippen molar-refractivity contribution in [3.05, 3.63) is 75.8 Å². The number of nitrogens with zero attached hydrogens (tertiary/aromatic N) is 3. The van der Waals surface area contributed by atoms with Crippen LogP contribution in [0.4, 0.5) is 0 Å². The van der Waals surface area contributed by atoms with Gasteiger partial charge in [0, 0.05) is 30.7 Å². The van der Waals surface area contributed by atoms with Gasteiger partial charge < -0.3 is 5.32 Å². The fourth-order valence-corrected chi connectivity index (χ4v) is 3.86. The molecular formula is C22H23ClN4O2. The van der Waals surface area contributed by atoms with E-state index in [1.54, 1.807) is 18.2 Å². The fourth-order valence-electron chi connectivity index (χ4n) is 3.73. The molecule has 7 heteroatoms. The molecule has 0 unspecified atom stereocenters. The zero-order chi connectivity index (χ0) is 20.2. The second-order valence-electron chi connectivity index (χ2n) is 7.44. The third-order valence-corrected chi connectivity index (χ3v) is 5.57. The summed E-state index contributed by atoms with van der Waals surface area (Å²) in [6.45, 7) is 2.72. The maximum Gasteiger partial charge on any atom is 0.261 e. The van der Waals surface area contributed by atoms with Gasteiger partial charge >= 0.3 is 0 Å². The molecule has 2 heterocycles. The Kier molecular flexibility index (Phi) is 5.92. The van der Waals surface area contributed by atoms with Crippen molar-refractivity contribution in [2.75, 3.05) is 13.1 Å². The average Bonchev–Trinajstić information content (AvgIpc) is 2.73. The number of nitrogens with one attached hydrogen (secondary N) is 1. The minimum absolute atomic E-state index is 0.0122. The first kappa shape index (κ1) is 19.6. The van der Waals surface area contributed by atoms with Gasteiger partial charge in [-0.25, -0.2) is 4.98 Å². The maximum absolute atomic E-state index is 12.5. The number of halogens is 1. The smallest absolute Gasteiger partial charge is 0.261 e. The van der Waals surface area contributed by atoms with E-state index in [9.17, 15) is 9.59 Å². The van der Waals surface area contributed by atoms with Crippen LogP contribution in [0.1, 0.15) is 18.4 Å². The molecule has 3 aromatic rings. The van der Waals surface area contributed by atoms with Crippen LogP contribution in [0.5, 0.6) is 0 Å². The highest BCUT2D eigenvalue weighted by molar-refractivity contribution is 6.30. The summed E-state index contributed by atoms with van der Waals surface area (Å²) >= 11 is 5.94. The summed E-state index contributed by atoms with van der Waals surface area (Å²) in [5.41, 5.74) is 1.69. The Morgan fingerprint density at radius 3 is 2.59 bits per heavy atom. The number of rotatable bonds is 5. The molecular weight excluding hydrogens is 388 g/mol. The molecule has 150 valence electrons. The number of likely N-dealkylation sites (tertiary alicyclic amines) is 1. The molecule has 1 saturated heterocycles. The summed E-state index contributed by atoms with van der Waals surface area (Å²) in [6.07, 6.45) is 3.23. The van der Waals surface area contributed by atoms with Crippen molar-refractivity contribution in [2.24, 2.45) is 0 Å². The van der Waals surface area contributed by atoms with Gasteiger partial charge in [0.2, 0.25) is 5.91 Å². The summed E-state index contributed by atoms with van der Waals surface area (Å²) in [7, 11) is 0. The van der Waals surface area contributed by atoms with E-state index in [-0.39, 0.29) is 24.1 Å². The van der Waals surface area contributed by atoms with Crippen LogP contribution >= 0.6 is 11.6 Å². The van der Waals surface area contributed by atoms with Crippen LogP contribution in [0.3, 0.4) is 0 Å². The third-order valence-electron chi connectivity index (χ3n) is 5.32. The van der Waals surface area contributed by atoms with E-state index >= 15 is 0 Å². The first-order valence-electron chi connectivity index (χ1n) is 9.79. The Hall–Kier alpha value is -2.70. The van der Waals surface area contributed by atoms with E-state index in [1.165, 1.54) is 16.5 Å². The van der Waals surface area contributed by atoms with Gasteiger partial charge in [-0.1, -0.05) is 35.9 Å².